The van der Waals surface area contributed by atoms with Crippen LogP contribution in [0.4, 0.5) is 10.7 Å². The van der Waals surface area contributed by atoms with Crippen molar-refractivity contribution >= 4 is 22.0 Å². The summed E-state index contributed by atoms with van der Waals surface area (Å²) >= 11 is 0. The smallest absolute Gasteiger partial charge is 0.335 e. The van der Waals surface area contributed by atoms with E-state index in [1.807, 2.05) is 0 Å². The van der Waals surface area contributed by atoms with Crippen LogP contribution < -0.4 is 14.8 Å². The molecule has 11 nitrogen and oxygen atoms in total. The molecule has 0 spiro atoms. The van der Waals surface area contributed by atoms with Gasteiger partial charge in [0.15, 0.2) is 5.03 Å². The average Bonchev–Trinajstić information content (AvgIpc) is 2.91. The highest BCUT2D eigenvalue weighted by Gasteiger charge is 2.19. The third-order valence-electron chi connectivity index (χ3n) is 2.12. The van der Waals surface area contributed by atoms with Gasteiger partial charge in [0, 0.05) is 0 Å². The second-order valence-electron chi connectivity index (χ2n) is 3.67. The fourth-order valence-corrected chi connectivity index (χ4v) is 2.11. The van der Waals surface area contributed by atoms with Crippen LogP contribution in [-0.4, -0.2) is 46.5 Å². The number of carbonyl (C=O) groups excluding carboxylic acids is 1. The number of aromatic nitrogens is 5. The van der Waals surface area contributed by atoms with Crippen molar-refractivity contribution in [1.82, 2.24) is 29.6 Å². The van der Waals surface area contributed by atoms with E-state index >= 15 is 0 Å². The Hall–Kier alpha value is -2.76. The fourth-order valence-electron chi connectivity index (χ4n) is 1.30. The maximum absolute atomic E-state index is 11.8. The summed E-state index contributed by atoms with van der Waals surface area (Å²) in [4.78, 5) is 29.0. The van der Waals surface area contributed by atoms with Gasteiger partial charge in [-0.1, -0.05) is 0 Å². The molecule has 2 rings (SSSR count). The first-order valence-electron chi connectivity index (χ1n) is 5.49. The van der Waals surface area contributed by atoms with Crippen molar-refractivity contribution in [2.45, 2.75) is 11.9 Å². The molecule has 0 saturated carbocycles. The highest BCUT2D eigenvalue weighted by atomic mass is 32.2. The number of aromatic amines is 1. The van der Waals surface area contributed by atoms with E-state index in [2.05, 4.69) is 30.2 Å². The standard InChI is InChI=1S/C9H11N7O4S/c1-5-12-7(15-9(13-5)20-2)14-8(17)16-21(18,19)6-3-10-4-11-6/h3-4H,1-2H3,(H,10,11)(H2,12,13,14,15,16,17). The second-order valence-corrected chi connectivity index (χ2v) is 5.32. The summed E-state index contributed by atoms with van der Waals surface area (Å²) in [5.41, 5.74) is 0. The molecule has 112 valence electrons. The molecule has 12 heteroatoms. The van der Waals surface area contributed by atoms with E-state index in [0.29, 0.717) is 5.82 Å². The molecule has 2 amide bonds. The van der Waals surface area contributed by atoms with Gasteiger partial charge in [-0.2, -0.15) is 23.4 Å². The maximum atomic E-state index is 11.8. The molecule has 0 bridgehead atoms. The molecule has 0 aliphatic carbocycles. The van der Waals surface area contributed by atoms with Gasteiger partial charge in [0.05, 0.1) is 19.6 Å². The molecule has 0 atom stereocenters. The fraction of sp³-hybridized carbons (Fsp3) is 0.222. The average molecular weight is 313 g/mol. The highest BCUT2D eigenvalue weighted by molar-refractivity contribution is 7.90. The van der Waals surface area contributed by atoms with Crippen LogP contribution >= 0.6 is 0 Å². The lowest BCUT2D eigenvalue weighted by Crippen LogP contribution is -2.35. The molecular weight excluding hydrogens is 302 g/mol. The normalized spacial score (nSPS) is 11.0. The van der Waals surface area contributed by atoms with Gasteiger partial charge >= 0.3 is 12.0 Å². The zero-order chi connectivity index (χ0) is 15.5. The van der Waals surface area contributed by atoms with Crippen LogP contribution in [0.1, 0.15) is 5.82 Å². The number of amides is 2. The summed E-state index contributed by atoms with van der Waals surface area (Å²) in [5.74, 6) is 0.158. The summed E-state index contributed by atoms with van der Waals surface area (Å²) in [7, 11) is -2.70. The minimum Gasteiger partial charge on any atom is -0.467 e. The molecule has 2 aromatic heterocycles. The molecular formula is C9H11N7O4S. The number of hydrogen-bond acceptors (Lipinski definition) is 8. The number of urea groups is 1. The van der Waals surface area contributed by atoms with Gasteiger partial charge in [0.1, 0.15) is 5.82 Å². The van der Waals surface area contributed by atoms with E-state index in [9.17, 15) is 13.2 Å². The lowest BCUT2D eigenvalue weighted by molar-refractivity contribution is 0.256. The number of nitrogens with zero attached hydrogens (tertiary/aromatic N) is 4. The quantitative estimate of drug-likeness (QED) is 0.678. The number of ether oxygens (including phenoxy) is 1. The molecule has 21 heavy (non-hydrogen) atoms. The Labute approximate surface area is 119 Å². The molecule has 0 unspecified atom stereocenters. The second kappa shape index (κ2) is 5.70. The Kier molecular flexibility index (Phi) is 3.98. The van der Waals surface area contributed by atoms with Gasteiger partial charge in [0.25, 0.3) is 10.0 Å². The molecule has 2 heterocycles. The number of methoxy groups -OCH3 is 1. The van der Waals surface area contributed by atoms with Gasteiger partial charge in [-0.25, -0.2) is 14.5 Å². The lowest BCUT2D eigenvalue weighted by Gasteiger charge is -2.07. The van der Waals surface area contributed by atoms with Crippen molar-refractivity contribution in [1.29, 1.82) is 0 Å². The molecule has 2 aromatic rings. The predicted octanol–water partition coefficient (Wildman–Crippen LogP) is -0.578. The van der Waals surface area contributed by atoms with Crippen LogP contribution in [0.2, 0.25) is 0 Å². The Bertz CT molecular complexity index is 743. The van der Waals surface area contributed by atoms with Gasteiger partial charge in [-0.15, -0.1) is 0 Å². The topological polar surface area (TPSA) is 152 Å². The largest absolute Gasteiger partial charge is 0.467 e. The third-order valence-corrected chi connectivity index (χ3v) is 3.38. The molecule has 0 aliphatic rings. The first-order valence-corrected chi connectivity index (χ1v) is 6.98. The minimum atomic E-state index is -4.04. The molecule has 0 radical (unpaired) electrons. The van der Waals surface area contributed by atoms with Crippen molar-refractivity contribution in [2.75, 3.05) is 12.4 Å². The number of imidazole rings is 1. The number of sulfonamides is 1. The van der Waals surface area contributed by atoms with Crippen LogP contribution in [-0.2, 0) is 10.0 Å². The molecule has 0 fully saturated rings. The van der Waals surface area contributed by atoms with E-state index in [-0.39, 0.29) is 17.0 Å². The molecule has 0 saturated heterocycles. The van der Waals surface area contributed by atoms with E-state index in [0.717, 1.165) is 6.20 Å². The maximum Gasteiger partial charge on any atom is 0.335 e. The van der Waals surface area contributed by atoms with Crippen molar-refractivity contribution in [2.24, 2.45) is 0 Å². The summed E-state index contributed by atoms with van der Waals surface area (Å²) in [6, 6.07) is -1.04. The van der Waals surface area contributed by atoms with Gasteiger partial charge < -0.3 is 9.72 Å². The van der Waals surface area contributed by atoms with Gasteiger partial charge in [-0.05, 0) is 6.92 Å². The first-order chi connectivity index (χ1) is 9.90. The Morgan fingerprint density at radius 2 is 2.10 bits per heavy atom. The number of hydrogen-bond donors (Lipinski definition) is 3. The summed E-state index contributed by atoms with van der Waals surface area (Å²) in [5, 5.41) is 1.92. The number of carbonyl (C=O) groups is 1. The minimum absolute atomic E-state index is 0.00535. The van der Waals surface area contributed by atoms with E-state index in [4.69, 9.17) is 4.74 Å². The molecule has 0 aromatic carbocycles. The van der Waals surface area contributed by atoms with Crippen LogP contribution in [0, 0.1) is 6.92 Å². The molecule has 0 aliphatic heterocycles. The first kappa shape index (κ1) is 14.6. The lowest BCUT2D eigenvalue weighted by atomic mass is 10.7. The number of nitrogens with one attached hydrogen (secondary N) is 3. The number of aryl methyl sites for hydroxylation is 1. The third kappa shape index (κ3) is 3.62. The molecule has 3 N–H and O–H groups in total. The monoisotopic (exact) mass is 313 g/mol. The summed E-state index contributed by atoms with van der Waals surface area (Å²) in [6.45, 7) is 1.56. The number of anilines is 1. The van der Waals surface area contributed by atoms with Crippen molar-refractivity contribution < 1.29 is 17.9 Å². The SMILES string of the molecule is COc1nc(C)nc(NC(=O)NS(=O)(=O)c2cnc[nH]2)n1. The van der Waals surface area contributed by atoms with E-state index in [1.165, 1.54) is 13.4 Å². The Morgan fingerprint density at radius 3 is 2.71 bits per heavy atom. The van der Waals surface area contributed by atoms with E-state index < -0.39 is 16.1 Å². The van der Waals surface area contributed by atoms with Crippen LogP contribution in [0.15, 0.2) is 17.6 Å². The van der Waals surface area contributed by atoms with Crippen LogP contribution in [0.5, 0.6) is 6.01 Å². The van der Waals surface area contributed by atoms with Crippen LogP contribution in [0.3, 0.4) is 0 Å². The van der Waals surface area contributed by atoms with Gasteiger partial charge in [-0.3, -0.25) is 5.32 Å². The Morgan fingerprint density at radius 1 is 1.33 bits per heavy atom. The van der Waals surface area contributed by atoms with Crippen molar-refractivity contribution in [3.05, 3.63) is 18.3 Å². The zero-order valence-electron chi connectivity index (χ0n) is 11.0. The van der Waals surface area contributed by atoms with Crippen molar-refractivity contribution in [3.8, 4) is 6.01 Å². The Balaban J connectivity index is 2.10. The van der Waals surface area contributed by atoms with Gasteiger partial charge in [0.2, 0.25) is 5.95 Å². The van der Waals surface area contributed by atoms with E-state index in [1.54, 1.807) is 11.6 Å². The predicted molar refractivity (Wildman–Crippen MR) is 69.0 cm³/mol. The summed E-state index contributed by atoms with van der Waals surface area (Å²) < 4.78 is 30.1. The van der Waals surface area contributed by atoms with Crippen LogP contribution in [0.25, 0.3) is 0 Å². The zero-order valence-corrected chi connectivity index (χ0v) is 11.8. The number of H-pyrrole nitrogens is 1. The van der Waals surface area contributed by atoms with Crippen molar-refractivity contribution in [3.63, 3.8) is 0 Å². The number of rotatable bonds is 4. The summed E-state index contributed by atoms with van der Waals surface area (Å²) in [6.07, 6.45) is 2.23. The highest BCUT2D eigenvalue weighted by Crippen LogP contribution is 2.07.